The van der Waals surface area contributed by atoms with Gasteiger partial charge in [-0.25, -0.2) is 13.2 Å². The van der Waals surface area contributed by atoms with Gasteiger partial charge in [0.05, 0.1) is 17.4 Å². The molecule has 1 unspecified atom stereocenters. The van der Waals surface area contributed by atoms with Crippen molar-refractivity contribution in [3.63, 3.8) is 0 Å². The first-order valence-electron chi connectivity index (χ1n) is 7.65. The summed E-state index contributed by atoms with van der Waals surface area (Å²) in [4.78, 5) is 0. The van der Waals surface area contributed by atoms with Crippen molar-refractivity contribution >= 4 is 5.69 Å². The Morgan fingerprint density at radius 3 is 2.57 bits per heavy atom. The Hall–Kier alpha value is -1.23. The van der Waals surface area contributed by atoms with Crippen LogP contribution in [0.25, 0.3) is 0 Å². The van der Waals surface area contributed by atoms with E-state index < -0.39 is 17.5 Å². The number of anilines is 1. The molecule has 2 aliphatic rings. The molecular formula is C16H20F3NO. The summed E-state index contributed by atoms with van der Waals surface area (Å²) in [6.07, 6.45) is 7.86. The Morgan fingerprint density at radius 2 is 1.81 bits per heavy atom. The van der Waals surface area contributed by atoms with Crippen LogP contribution in [0.4, 0.5) is 18.9 Å². The Balaban J connectivity index is 1.58. The molecule has 1 N–H and O–H groups in total. The molecule has 1 saturated carbocycles. The minimum atomic E-state index is -1.43. The standard InChI is InChI=1S/C16H20F3NO/c17-12-4-5-13(15(19)14(12)18)20-10-11-6-9-16(21-11)7-2-1-3-8-16/h4-5,11,20H,1-3,6-10H2. The molecule has 2 nitrogen and oxygen atoms in total. The number of halogens is 3. The first-order chi connectivity index (χ1) is 10.1. The van der Waals surface area contributed by atoms with Gasteiger partial charge < -0.3 is 10.1 Å². The van der Waals surface area contributed by atoms with Gasteiger partial charge in [0.25, 0.3) is 0 Å². The van der Waals surface area contributed by atoms with Gasteiger partial charge in [-0.1, -0.05) is 19.3 Å². The third kappa shape index (κ3) is 3.03. The normalized spacial score (nSPS) is 24.4. The van der Waals surface area contributed by atoms with E-state index in [1.54, 1.807) is 0 Å². The smallest absolute Gasteiger partial charge is 0.196 e. The fourth-order valence-corrected chi connectivity index (χ4v) is 3.49. The lowest BCUT2D eigenvalue weighted by molar-refractivity contribution is -0.0588. The van der Waals surface area contributed by atoms with Crippen molar-refractivity contribution in [1.82, 2.24) is 0 Å². The molecule has 1 spiro atoms. The summed E-state index contributed by atoms with van der Waals surface area (Å²) < 4.78 is 45.7. The second-order valence-corrected chi connectivity index (χ2v) is 6.13. The highest BCUT2D eigenvalue weighted by Crippen LogP contribution is 2.41. The lowest BCUT2D eigenvalue weighted by Crippen LogP contribution is -2.33. The molecule has 1 atom stereocenters. The van der Waals surface area contributed by atoms with Crippen LogP contribution < -0.4 is 5.32 Å². The maximum Gasteiger partial charge on any atom is 0.196 e. The Kier molecular flexibility index (Phi) is 4.11. The zero-order valence-corrected chi connectivity index (χ0v) is 11.9. The van der Waals surface area contributed by atoms with Gasteiger partial charge in [0.2, 0.25) is 0 Å². The largest absolute Gasteiger partial charge is 0.380 e. The van der Waals surface area contributed by atoms with E-state index in [1.807, 2.05) is 0 Å². The monoisotopic (exact) mass is 299 g/mol. The second kappa shape index (κ2) is 5.87. The van der Waals surface area contributed by atoms with Crippen LogP contribution in [-0.2, 0) is 4.74 Å². The molecule has 1 aromatic carbocycles. The molecule has 0 radical (unpaired) electrons. The fourth-order valence-electron chi connectivity index (χ4n) is 3.49. The number of nitrogens with one attached hydrogen (secondary N) is 1. The first-order valence-corrected chi connectivity index (χ1v) is 7.65. The van der Waals surface area contributed by atoms with Gasteiger partial charge in [0.15, 0.2) is 17.5 Å². The molecule has 116 valence electrons. The van der Waals surface area contributed by atoms with Crippen LogP contribution in [-0.4, -0.2) is 18.2 Å². The van der Waals surface area contributed by atoms with Crippen LogP contribution in [0.5, 0.6) is 0 Å². The quantitative estimate of drug-likeness (QED) is 0.835. The Bertz CT molecular complexity index is 514. The predicted octanol–water partition coefficient (Wildman–Crippen LogP) is 4.40. The third-order valence-corrected chi connectivity index (χ3v) is 4.66. The summed E-state index contributed by atoms with van der Waals surface area (Å²) in [5.41, 5.74) is -0.000851. The Labute approximate surface area is 122 Å². The van der Waals surface area contributed by atoms with Gasteiger partial charge in [-0.2, -0.15) is 0 Å². The van der Waals surface area contributed by atoms with E-state index in [0.717, 1.165) is 31.7 Å². The highest BCUT2D eigenvalue weighted by Gasteiger charge is 2.40. The molecule has 21 heavy (non-hydrogen) atoms. The highest BCUT2D eigenvalue weighted by atomic mass is 19.2. The number of rotatable bonds is 3. The number of hydrogen-bond donors (Lipinski definition) is 1. The van der Waals surface area contributed by atoms with Crippen molar-refractivity contribution in [1.29, 1.82) is 0 Å². The van der Waals surface area contributed by atoms with Crippen LogP contribution in [0, 0.1) is 17.5 Å². The lowest BCUT2D eigenvalue weighted by Gasteiger charge is -2.33. The molecule has 1 heterocycles. The van der Waals surface area contributed by atoms with Crippen molar-refractivity contribution in [2.24, 2.45) is 0 Å². The van der Waals surface area contributed by atoms with Crippen molar-refractivity contribution in [2.75, 3.05) is 11.9 Å². The number of hydrogen-bond acceptors (Lipinski definition) is 2. The zero-order chi connectivity index (χ0) is 14.9. The molecular weight excluding hydrogens is 279 g/mol. The minimum Gasteiger partial charge on any atom is -0.380 e. The molecule has 5 heteroatoms. The van der Waals surface area contributed by atoms with Gasteiger partial charge in [0, 0.05) is 6.54 Å². The average molecular weight is 299 g/mol. The van der Waals surface area contributed by atoms with Crippen LogP contribution in [0.1, 0.15) is 44.9 Å². The van der Waals surface area contributed by atoms with E-state index in [-0.39, 0.29) is 17.4 Å². The van der Waals surface area contributed by atoms with Crippen molar-refractivity contribution in [2.45, 2.75) is 56.7 Å². The van der Waals surface area contributed by atoms with Crippen molar-refractivity contribution < 1.29 is 17.9 Å². The second-order valence-electron chi connectivity index (χ2n) is 6.13. The summed E-state index contributed by atoms with van der Waals surface area (Å²) in [7, 11) is 0. The van der Waals surface area contributed by atoms with E-state index >= 15 is 0 Å². The van der Waals surface area contributed by atoms with E-state index in [0.29, 0.717) is 6.54 Å². The van der Waals surface area contributed by atoms with Gasteiger partial charge in [-0.15, -0.1) is 0 Å². The molecule has 0 amide bonds. The molecule has 1 aromatic rings. The van der Waals surface area contributed by atoms with Crippen molar-refractivity contribution in [3.05, 3.63) is 29.6 Å². The zero-order valence-electron chi connectivity index (χ0n) is 11.9. The first kappa shape index (κ1) is 14.7. The summed E-state index contributed by atoms with van der Waals surface area (Å²) in [5, 5.41) is 2.84. The predicted molar refractivity (Wildman–Crippen MR) is 74.7 cm³/mol. The van der Waals surface area contributed by atoms with E-state index in [1.165, 1.54) is 25.3 Å². The van der Waals surface area contributed by atoms with Crippen LogP contribution in [0.15, 0.2) is 12.1 Å². The SMILES string of the molecule is Fc1ccc(NCC2CCC3(CCCCC3)O2)c(F)c1F. The molecule has 0 bridgehead atoms. The number of benzene rings is 1. The van der Waals surface area contributed by atoms with E-state index in [9.17, 15) is 13.2 Å². The van der Waals surface area contributed by atoms with Crippen LogP contribution in [0.3, 0.4) is 0 Å². The van der Waals surface area contributed by atoms with Crippen LogP contribution >= 0.6 is 0 Å². The third-order valence-electron chi connectivity index (χ3n) is 4.66. The molecule has 1 saturated heterocycles. The highest BCUT2D eigenvalue weighted by molar-refractivity contribution is 5.45. The van der Waals surface area contributed by atoms with Gasteiger partial charge in [-0.05, 0) is 37.8 Å². The van der Waals surface area contributed by atoms with E-state index in [4.69, 9.17) is 4.74 Å². The molecule has 0 aromatic heterocycles. The summed E-state index contributed by atoms with van der Waals surface area (Å²) in [5.74, 6) is -3.77. The van der Waals surface area contributed by atoms with Crippen LogP contribution in [0.2, 0.25) is 0 Å². The maximum atomic E-state index is 13.6. The fraction of sp³-hybridized carbons (Fsp3) is 0.625. The van der Waals surface area contributed by atoms with Gasteiger partial charge >= 0.3 is 0 Å². The van der Waals surface area contributed by atoms with Gasteiger partial charge in [-0.3, -0.25) is 0 Å². The van der Waals surface area contributed by atoms with Gasteiger partial charge in [0.1, 0.15) is 0 Å². The van der Waals surface area contributed by atoms with E-state index in [2.05, 4.69) is 5.32 Å². The molecule has 2 fully saturated rings. The lowest BCUT2D eigenvalue weighted by atomic mass is 9.83. The minimum absolute atomic E-state index is 0.00983. The Morgan fingerprint density at radius 1 is 1.05 bits per heavy atom. The molecule has 1 aliphatic carbocycles. The van der Waals surface area contributed by atoms with Crippen molar-refractivity contribution in [3.8, 4) is 0 Å². The maximum absolute atomic E-state index is 13.6. The topological polar surface area (TPSA) is 21.3 Å². The summed E-state index contributed by atoms with van der Waals surface area (Å²) in [6.45, 7) is 0.420. The number of ether oxygens (including phenoxy) is 1. The molecule has 3 rings (SSSR count). The average Bonchev–Trinajstić information content (AvgIpc) is 2.88. The molecule has 1 aliphatic heterocycles. The summed E-state index contributed by atoms with van der Waals surface area (Å²) >= 11 is 0. The summed E-state index contributed by atoms with van der Waals surface area (Å²) in [6, 6.07) is 2.15.